The van der Waals surface area contributed by atoms with E-state index < -0.39 is 0 Å². The van der Waals surface area contributed by atoms with E-state index in [-0.39, 0.29) is 0 Å². The van der Waals surface area contributed by atoms with E-state index in [0.29, 0.717) is 11.8 Å². The lowest BCUT2D eigenvalue weighted by atomic mass is 9.82. The van der Waals surface area contributed by atoms with Gasteiger partial charge in [0.1, 0.15) is 5.75 Å². The quantitative estimate of drug-likeness (QED) is 0.796. The summed E-state index contributed by atoms with van der Waals surface area (Å²) in [6.07, 6.45) is 11.0. The second-order valence-corrected chi connectivity index (χ2v) is 8.16. The summed E-state index contributed by atoms with van der Waals surface area (Å²) in [6, 6.07) is 8.54. The topological polar surface area (TPSA) is 38.5 Å². The van der Waals surface area contributed by atoms with E-state index in [2.05, 4.69) is 29.2 Å². The van der Waals surface area contributed by atoms with Crippen LogP contribution in [0.15, 0.2) is 24.3 Å². The van der Waals surface area contributed by atoms with Crippen LogP contribution in [0.25, 0.3) is 0 Å². The summed E-state index contributed by atoms with van der Waals surface area (Å²) in [5.74, 6) is 3.32. The average molecular weight is 345 g/mol. The number of nitrogens with zero attached hydrogens (tertiary/aromatic N) is 1. The van der Waals surface area contributed by atoms with Crippen LogP contribution in [0.3, 0.4) is 0 Å². The molecule has 2 fully saturated rings. The molecule has 0 spiro atoms. The van der Waals surface area contributed by atoms with Crippen LogP contribution in [0.4, 0.5) is 0 Å². The van der Waals surface area contributed by atoms with Crippen molar-refractivity contribution in [2.24, 2.45) is 17.6 Å². The highest BCUT2D eigenvalue weighted by Crippen LogP contribution is 2.35. The van der Waals surface area contributed by atoms with Crippen molar-refractivity contribution in [3.8, 4) is 5.75 Å². The van der Waals surface area contributed by atoms with Gasteiger partial charge in [-0.1, -0.05) is 50.3 Å². The molecule has 1 aromatic carbocycles. The van der Waals surface area contributed by atoms with E-state index in [1.54, 1.807) is 7.11 Å². The molecule has 1 heterocycles. The molecule has 1 saturated heterocycles. The van der Waals surface area contributed by atoms with E-state index in [9.17, 15) is 0 Å². The number of rotatable bonds is 7. The second-order valence-electron chi connectivity index (χ2n) is 8.16. The van der Waals surface area contributed by atoms with Crippen molar-refractivity contribution in [2.45, 2.75) is 57.3 Å². The van der Waals surface area contributed by atoms with Gasteiger partial charge in [-0.15, -0.1) is 0 Å². The molecule has 3 heteroatoms. The molecule has 1 aliphatic heterocycles. The Balaban J connectivity index is 1.48. The lowest BCUT2D eigenvalue weighted by Crippen LogP contribution is -2.39. The molecule has 25 heavy (non-hydrogen) atoms. The third-order valence-corrected chi connectivity index (χ3v) is 6.41. The number of hydrogen-bond donors (Lipinski definition) is 1. The van der Waals surface area contributed by atoms with E-state index in [0.717, 1.165) is 18.2 Å². The van der Waals surface area contributed by atoms with Crippen molar-refractivity contribution < 1.29 is 4.74 Å². The molecule has 1 aromatic rings. The molecule has 0 aromatic heterocycles. The van der Waals surface area contributed by atoms with E-state index >= 15 is 0 Å². The highest BCUT2D eigenvalue weighted by Gasteiger charge is 2.25. The zero-order valence-electron chi connectivity index (χ0n) is 16.0. The summed E-state index contributed by atoms with van der Waals surface area (Å²) in [7, 11) is 1.78. The highest BCUT2D eigenvalue weighted by atomic mass is 16.5. The molecular weight excluding hydrogens is 308 g/mol. The van der Waals surface area contributed by atoms with Crippen LogP contribution in [0, 0.1) is 11.8 Å². The van der Waals surface area contributed by atoms with Crippen molar-refractivity contribution >= 4 is 0 Å². The van der Waals surface area contributed by atoms with Crippen LogP contribution < -0.4 is 10.5 Å². The van der Waals surface area contributed by atoms with Crippen LogP contribution in [0.5, 0.6) is 5.75 Å². The molecule has 0 amide bonds. The van der Waals surface area contributed by atoms with E-state index in [1.807, 2.05) is 0 Å². The zero-order chi connectivity index (χ0) is 17.5. The number of para-hydroxylation sites is 1. The average Bonchev–Trinajstić information content (AvgIpc) is 2.69. The van der Waals surface area contributed by atoms with Gasteiger partial charge in [-0.05, 0) is 68.3 Å². The molecule has 140 valence electrons. The number of piperidine rings is 1. The van der Waals surface area contributed by atoms with Gasteiger partial charge >= 0.3 is 0 Å². The third-order valence-electron chi connectivity index (χ3n) is 6.41. The fourth-order valence-corrected chi connectivity index (χ4v) is 4.93. The van der Waals surface area contributed by atoms with Crippen molar-refractivity contribution in [1.29, 1.82) is 0 Å². The normalized spacial score (nSPS) is 22.0. The van der Waals surface area contributed by atoms with Crippen molar-refractivity contribution in [1.82, 2.24) is 4.90 Å². The fraction of sp³-hybridized carbons (Fsp3) is 0.727. The first-order valence-electron chi connectivity index (χ1n) is 10.4. The van der Waals surface area contributed by atoms with Crippen molar-refractivity contribution in [3.05, 3.63) is 29.8 Å². The Morgan fingerprint density at radius 2 is 1.80 bits per heavy atom. The summed E-state index contributed by atoms with van der Waals surface area (Å²) in [5, 5.41) is 0. The van der Waals surface area contributed by atoms with Gasteiger partial charge in [0, 0.05) is 6.54 Å². The largest absolute Gasteiger partial charge is 0.496 e. The Bertz CT molecular complexity index is 505. The van der Waals surface area contributed by atoms with Crippen molar-refractivity contribution in [2.75, 3.05) is 33.3 Å². The Hall–Kier alpha value is -1.06. The SMILES string of the molecule is COc1ccccc1C1CCN(C[C@@H](CN)CC2CCCCC2)CC1. The van der Waals surface area contributed by atoms with Crippen LogP contribution in [0.2, 0.25) is 0 Å². The van der Waals surface area contributed by atoms with Gasteiger partial charge in [-0.3, -0.25) is 0 Å². The third kappa shape index (κ3) is 5.21. The zero-order valence-corrected chi connectivity index (χ0v) is 16.0. The first-order chi connectivity index (χ1) is 12.3. The molecule has 1 aliphatic carbocycles. The first-order valence-corrected chi connectivity index (χ1v) is 10.4. The molecule has 0 bridgehead atoms. The van der Waals surface area contributed by atoms with Gasteiger partial charge in [-0.2, -0.15) is 0 Å². The predicted octanol–water partition coefficient (Wildman–Crippen LogP) is 4.42. The molecule has 2 aliphatic rings. The molecule has 1 saturated carbocycles. The number of hydrogen-bond acceptors (Lipinski definition) is 3. The standard InChI is InChI=1S/C22H36N2O/c1-25-22-10-6-5-9-21(22)20-11-13-24(14-12-20)17-19(16-23)15-18-7-3-2-4-8-18/h5-6,9-10,18-20H,2-4,7-8,11-17,23H2,1H3/t19-/m1/s1. The van der Waals surface area contributed by atoms with Gasteiger partial charge in [0.05, 0.1) is 7.11 Å². The predicted molar refractivity (Wildman–Crippen MR) is 105 cm³/mol. The van der Waals surface area contributed by atoms with Gasteiger partial charge in [-0.25, -0.2) is 0 Å². The highest BCUT2D eigenvalue weighted by molar-refractivity contribution is 5.36. The van der Waals surface area contributed by atoms with Crippen molar-refractivity contribution in [3.63, 3.8) is 0 Å². The Labute approximate surface area is 153 Å². The van der Waals surface area contributed by atoms with Gasteiger partial charge < -0.3 is 15.4 Å². The number of likely N-dealkylation sites (tertiary alicyclic amines) is 1. The van der Waals surface area contributed by atoms with Gasteiger partial charge in [0.2, 0.25) is 0 Å². The summed E-state index contributed by atoms with van der Waals surface area (Å²) in [5.41, 5.74) is 7.51. The van der Waals surface area contributed by atoms with Crippen LogP contribution in [-0.2, 0) is 0 Å². The van der Waals surface area contributed by atoms with E-state index in [1.165, 1.54) is 76.6 Å². The summed E-state index contributed by atoms with van der Waals surface area (Å²) in [6.45, 7) is 4.45. The van der Waals surface area contributed by atoms with Crippen LogP contribution in [0.1, 0.15) is 62.8 Å². The molecule has 0 radical (unpaired) electrons. The molecule has 0 unspecified atom stereocenters. The Morgan fingerprint density at radius 1 is 1.08 bits per heavy atom. The summed E-state index contributed by atoms with van der Waals surface area (Å²) >= 11 is 0. The number of nitrogens with two attached hydrogens (primary N) is 1. The Kier molecular flexibility index (Phi) is 7.18. The maximum Gasteiger partial charge on any atom is 0.122 e. The van der Waals surface area contributed by atoms with Gasteiger partial charge in [0.25, 0.3) is 0 Å². The monoisotopic (exact) mass is 344 g/mol. The Morgan fingerprint density at radius 3 is 2.48 bits per heavy atom. The van der Waals surface area contributed by atoms with E-state index in [4.69, 9.17) is 10.5 Å². The van der Waals surface area contributed by atoms with Gasteiger partial charge in [0.15, 0.2) is 0 Å². The first kappa shape index (κ1) is 18.7. The molecule has 1 atom stereocenters. The number of methoxy groups -OCH3 is 1. The minimum atomic E-state index is 0.641. The minimum absolute atomic E-state index is 0.641. The maximum atomic E-state index is 6.12. The molecular formula is C22H36N2O. The summed E-state index contributed by atoms with van der Waals surface area (Å²) in [4.78, 5) is 2.66. The molecule has 2 N–H and O–H groups in total. The molecule has 3 nitrogen and oxygen atoms in total. The maximum absolute atomic E-state index is 6.12. The second kappa shape index (κ2) is 9.59. The summed E-state index contributed by atoms with van der Waals surface area (Å²) < 4.78 is 5.56. The number of benzene rings is 1. The minimum Gasteiger partial charge on any atom is -0.496 e. The van der Waals surface area contributed by atoms with Crippen LogP contribution in [-0.4, -0.2) is 38.2 Å². The lowest BCUT2D eigenvalue weighted by Gasteiger charge is -2.35. The van der Waals surface area contributed by atoms with Crippen LogP contribution >= 0.6 is 0 Å². The smallest absolute Gasteiger partial charge is 0.122 e. The molecule has 3 rings (SSSR count). The number of ether oxygens (including phenoxy) is 1. The fourth-order valence-electron chi connectivity index (χ4n) is 4.93. The lowest BCUT2D eigenvalue weighted by molar-refractivity contribution is 0.164.